The van der Waals surface area contributed by atoms with Gasteiger partial charge in [-0.15, -0.1) is 0 Å². The highest BCUT2D eigenvalue weighted by Gasteiger charge is 2.03. The van der Waals surface area contributed by atoms with Gasteiger partial charge in [0.1, 0.15) is 0 Å². The molecular weight excluding hydrogens is 182 g/mol. The molecule has 4 nitrogen and oxygen atoms in total. The van der Waals surface area contributed by atoms with Gasteiger partial charge in [-0.1, -0.05) is 0 Å². The maximum Gasteiger partial charge on any atom is 0.330 e. The van der Waals surface area contributed by atoms with E-state index in [0.717, 1.165) is 16.0 Å². The summed E-state index contributed by atoms with van der Waals surface area (Å²) in [5.41, 5.74) is 1.45. The van der Waals surface area contributed by atoms with E-state index in [1.54, 1.807) is 25.1 Å². The first-order chi connectivity index (χ1) is 6.63. The molecule has 0 aliphatic carbocycles. The van der Waals surface area contributed by atoms with Gasteiger partial charge in [0.05, 0.1) is 7.11 Å². The average molecular weight is 194 g/mol. The van der Waals surface area contributed by atoms with E-state index in [4.69, 9.17) is 0 Å². The van der Waals surface area contributed by atoms with Crippen LogP contribution in [-0.2, 0) is 9.53 Å². The first-order valence-corrected chi connectivity index (χ1v) is 4.11. The van der Waals surface area contributed by atoms with E-state index >= 15 is 0 Å². The lowest BCUT2D eigenvalue weighted by molar-refractivity contribution is -0.908. The van der Waals surface area contributed by atoms with Crippen LogP contribution < -0.4 is 4.73 Å². The second kappa shape index (κ2) is 4.41. The van der Waals surface area contributed by atoms with E-state index in [1.165, 1.54) is 19.4 Å². The zero-order chi connectivity index (χ0) is 10.6. The number of ether oxygens (including phenoxy) is 1. The number of aryl methyl sites for hydroxylation is 1. The number of rotatable bonds is 2. The molecule has 0 saturated heterocycles. The van der Waals surface area contributed by atoms with Crippen LogP contribution in [0.2, 0.25) is 0 Å². The van der Waals surface area contributed by atoms with Crippen molar-refractivity contribution in [3.8, 4) is 0 Å². The van der Waals surface area contributed by atoms with E-state index in [9.17, 15) is 10.0 Å². The highest BCUT2D eigenvalue weighted by Crippen LogP contribution is 1.99. The third kappa shape index (κ3) is 2.58. The van der Waals surface area contributed by atoms with Crippen LogP contribution in [0, 0.1) is 6.92 Å². The summed E-state index contributed by atoms with van der Waals surface area (Å²) in [6.45, 7) is 1.77. The molecular formula is C10H12NO3+. The number of nitrogens with zero attached hydrogens (tertiary/aromatic N) is 1. The summed E-state index contributed by atoms with van der Waals surface area (Å²) in [6.07, 6.45) is 4.37. The lowest BCUT2D eigenvalue weighted by Crippen LogP contribution is -2.33. The fourth-order valence-electron chi connectivity index (χ4n) is 0.910. The molecule has 1 heterocycles. The molecule has 0 aliphatic heterocycles. The minimum absolute atomic E-state index is 0.421. The Morgan fingerprint density at radius 2 is 2.29 bits per heavy atom. The Hall–Kier alpha value is -1.84. The van der Waals surface area contributed by atoms with Gasteiger partial charge in [0, 0.05) is 29.4 Å². The lowest BCUT2D eigenvalue weighted by atomic mass is 10.2. The van der Waals surface area contributed by atoms with Crippen molar-refractivity contribution in [3.63, 3.8) is 0 Å². The molecule has 0 aromatic carbocycles. The van der Waals surface area contributed by atoms with Crippen molar-refractivity contribution in [2.45, 2.75) is 6.92 Å². The van der Waals surface area contributed by atoms with Gasteiger partial charge in [0.25, 0.3) is 0 Å². The summed E-state index contributed by atoms with van der Waals surface area (Å²) < 4.78 is 5.43. The molecule has 74 valence electrons. The van der Waals surface area contributed by atoms with Gasteiger partial charge in [0.2, 0.25) is 11.9 Å². The van der Waals surface area contributed by atoms with Crippen molar-refractivity contribution in [2.75, 3.05) is 7.11 Å². The number of aromatic nitrogens is 1. The van der Waals surface area contributed by atoms with Crippen molar-refractivity contribution >= 4 is 12.0 Å². The van der Waals surface area contributed by atoms with Gasteiger partial charge in [-0.2, -0.15) is 0 Å². The minimum atomic E-state index is -0.421. The molecule has 0 aliphatic rings. The van der Waals surface area contributed by atoms with Crippen molar-refractivity contribution in [3.05, 3.63) is 35.7 Å². The maximum absolute atomic E-state index is 10.8. The van der Waals surface area contributed by atoms with Crippen LogP contribution in [0.4, 0.5) is 0 Å². The van der Waals surface area contributed by atoms with Crippen molar-refractivity contribution in [1.29, 1.82) is 0 Å². The third-order valence-corrected chi connectivity index (χ3v) is 1.76. The molecule has 0 radical (unpaired) electrons. The van der Waals surface area contributed by atoms with Crippen LogP contribution in [0.3, 0.4) is 0 Å². The average Bonchev–Trinajstić information content (AvgIpc) is 2.19. The van der Waals surface area contributed by atoms with Crippen LogP contribution >= 0.6 is 0 Å². The monoisotopic (exact) mass is 194 g/mol. The maximum atomic E-state index is 10.8. The van der Waals surface area contributed by atoms with Crippen LogP contribution in [0.5, 0.6) is 0 Å². The van der Waals surface area contributed by atoms with Gasteiger partial charge < -0.3 is 4.74 Å². The quantitative estimate of drug-likeness (QED) is 0.326. The fourth-order valence-corrected chi connectivity index (χ4v) is 0.910. The molecule has 0 atom stereocenters. The number of hydrogen-bond acceptors (Lipinski definition) is 3. The van der Waals surface area contributed by atoms with Gasteiger partial charge in [0.15, 0.2) is 0 Å². The number of esters is 1. The zero-order valence-corrected chi connectivity index (χ0v) is 8.10. The SMILES string of the molecule is COC(=O)/C=C/c1ccc(C)[n+](O)c1. The standard InChI is InChI=1S/C10H12NO3/c1-8-3-4-9(7-11(8)13)5-6-10(12)14-2/h3-7,13H,1-2H3/q+1/b6-5+. The molecule has 1 N–H and O–H groups in total. The topological polar surface area (TPSA) is 50.4 Å². The molecule has 1 aromatic rings. The minimum Gasteiger partial charge on any atom is -0.466 e. The second-order valence-electron chi connectivity index (χ2n) is 2.80. The van der Waals surface area contributed by atoms with Gasteiger partial charge in [-0.25, -0.2) is 4.79 Å². The molecule has 0 bridgehead atoms. The lowest BCUT2D eigenvalue weighted by Gasteiger charge is -1.92. The Morgan fingerprint density at radius 1 is 1.57 bits per heavy atom. The summed E-state index contributed by atoms with van der Waals surface area (Å²) in [5.74, 6) is -0.421. The summed E-state index contributed by atoms with van der Waals surface area (Å²) in [6, 6.07) is 3.54. The largest absolute Gasteiger partial charge is 0.466 e. The first kappa shape index (κ1) is 10.2. The molecule has 0 fully saturated rings. The van der Waals surface area contributed by atoms with Crippen LogP contribution in [0.1, 0.15) is 11.3 Å². The first-order valence-electron chi connectivity index (χ1n) is 4.11. The van der Waals surface area contributed by atoms with Crippen LogP contribution in [0.25, 0.3) is 6.08 Å². The van der Waals surface area contributed by atoms with Crippen molar-refractivity contribution < 1.29 is 19.5 Å². The summed E-state index contributed by atoms with van der Waals surface area (Å²) >= 11 is 0. The third-order valence-electron chi connectivity index (χ3n) is 1.76. The summed E-state index contributed by atoms with van der Waals surface area (Å²) in [4.78, 5) is 10.8. The Bertz CT molecular complexity index is 372. The van der Waals surface area contributed by atoms with Gasteiger partial charge in [-0.05, 0) is 12.1 Å². The Kier molecular flexibility index (Phi) is 3.23. The van der Waals surface area contributed by atoms with E-state index in [1.807, 2.05) is 0 Å². The summed E-state index contributed by atoms with van der Waals surface area (Å²) in [5, 5.41) is 9.29. The van der Waals surface area contributed by atoms with Crippen molar-refractivity contribution in [2.24, 2.45) is 0 Å². The number of pyridine rings is 1. The smallest absolute Gasteiger partial charge is 0.330 e. The predicted molar refractivity (Wildman–Crippen MR) is 49.6 cm³/mol. The molecule has 0 saturated carbocycles. The molecule has 4 heteroatoms. The second-order valence-corrected chi connectivity index (χ2v) is 2.80. The predicted octanol–water partition coefficient (Wildman–Crippen LogP) is 0.706. The van der Waals surface area contributed by atoms with E-state index in [2.05, 4.69) is 4.74 Å². The highest BCUT2D eigenvalue weighted by molar-refractivity contribution is 5.86. The number of methoxy groups -OCH3 is 1. The normalized spacial score (nSPS) is 10.4. The molecule has 0 unspecified atom stereocenters. The van der Waals surface area contributed by atoms with Gasteiger partial charge in [-0.3, -0.25) is 5.21 Å². The molecule has 0 amide bonds. The Morgan fingerprint density at radius 3 is 2.86 bits per heavy atom. The van der Waals surface area contributed by atoms with E-state index in [-0.39, 0.29) is 0 Å². The summed E-state index contributed by atoms with van der Waals surface area (Å²) in [7, 11) is 1.31. The molecule has 1 rings (SSSR count). The van der Waals surface area contributed by atoms with E-state index in [0.29, 0.717) is 0 Å². The fraction of sp³-hybridized carbons (Fsp3) is 0.200. The number of carbonyl (C=O) groups excluding carboxylic acids is 1. The molecule has 14 heavy (non-hydrogen) atoms. The van der Waals surface area contributed by atoms with Gasteiger partial charge >= 0.3 is 5.97 Å². The van der Waals surface area contributed by atoms with Crippen LogP contribution in [-0.4, -0.2) is 18.3 Å². The molecule has 1 aromatic heterocycles. The van der Waals surface area contributed by atoms with Crippen LogP contribution in [0.15, 0.2) is 24.4 Å². The Labute approximate surface area is 82.0 Å². The molecule has 0 spiro atoms. The Balaban J connectivity index is 2.83. The number of carbonyl (C=O) groups is 1. The number of hydrogen-bond donors (Lipinski definition) is 1. The van der Waals surface area contributed by atoms with Crippen molar-refractivity contribution in [1.82, 2.24) is 0 Å². The van der Waals surface area contributed by atoms with E-state index < -0.39 is 5.97 Å². The highest BCUT2D eigenvalue weighted by atomic mass is 16.5. The zero-order valence-electron chi connectivity index (χ0n) is 8.10.